The molecule has 0 bridgehead atoms. The van der Waals surface area contributed by atoms with Crippen LogP contribution in [0.4, 0.5) is 10.8 Å². The zero-order valence-electron chi connectivity index (χ0n) is 16.0. The number of ether oxygens (including phenoxy) is 2. The maximum Gasteiger partial charge on any atom is 0.240 e. The smallest absolute Gasteiger partial charge is 0.240 e. The van der Waals surface area contributed by atoms with Gasteiger partial charge >= 0.3 is 0 Å². The molecule has 0 aliphatic heterocycles. The lowest BCUT2D eigenvalue weighted by atomic mass is 9.93. The van der Waals surface area contributed by atoms with Gasteiger partial charge in [-0.2, -0.15) is 0 Å². The van der Waals surface area contributed by atoms with Gasteiger partial charge in [0.25, 0.3) is 0 Å². The molecule has 1 heterocycles. The summed E-state index contributed by atoms with van der Waals surface area (Å²) < 4.78 is 10.2. The topological polar surface area (TPSA) is 63.7 Å². The number of nitrogens with one attached hydrogen (secondary N) is 1. The summed E-state index contributed by atoms with van der Waals surface area (Å²) in [6, 6.07) is 7.62. The van der Waals surface area contributed by atoms with Crippen molar-refractivity contribution in [3.05, 3.63) is 35.3 Å². The number of carbonyl (C=O) groups is 1. The van der Waals surface area contributed by atoms with Gasteiger partial charge in [0.2, 0.25) is 5.91 Å². The van der Waals surface area contributed by atoms with Crippen molar-refractivity contribution in [2.45, 2.75) is 26.2 Å². The number of thiazole rings is 1. The van der Waals surface area contributed by atoms with E-state index in [0.717, 1.165) is 22.3 Å². The summed E-state index contributed by atoms with van der Waals surface area (Å²) in [5.41, 5.74) is 1.86. The summed E-state index contributed by atoms with van der Waals surface area (Å²) in [4.78, 5) is 19.0. The van der Waals surface area contributed by atoms with Gasteiger partial charge in [-0.15, -0.1) is 11.3 Å². The van der Waals surface area contributed by atoms with E-state index < -0.39 is 0 Å². The predicted octanol–water partition coefficient (Wildman–Crippen LogP) is 3.35. The average Bonchev–Trinajstić information content (AvgIpc) is 3.10. The van der Waals surface area contributed by atoms with E-state index in [2.05, 4.69) is 31.5 Å². The molecule has 0 aliphatic carbocycles. The Labute approximate surface area is 159 Å². The van der Waals surface area contributed by atoms with Crippen LogP contribution in [0, 0.1) is 0 Å². The predicted molar refractivity (Wildman–Crippen MR) is 106 cm³/mol. The second-order valence-electron chi connectivity index (χ2n) is 6.89. The zero-order valence-corrected chi connectivity index (χ0v) is 16.9. The molecule has 0 spiro atoms. The minimum Gasteiger partial charge on any atom is -0.497 e. The Balaban J connectivity index is 2.25. The van der Waals surface area contributed by atoms with Crippen LogP contribution in [-0.2, 0) is 14.9 Å². The van der Waals surface area contributed by atoms with Gasteiger partial charge in [0.1, 0.15) is 12.3 Å². The summed E-state index contributed by atoms with van der Waals surface area (Å²) >= 11 is 1.54. The van der Waals surface area contributed by atoms with Gasteiger partial charge in [-0.25, -0.2) is 4.98 Å². The van der Waals surface area contributed by atoms with Crippen LogP contribution in [0.25, 0.3) is 0 Å². The molecule has 0 radical (unpaired) electrons. The van der Waals surface area contributed by atoms with Crippen LogP contribution in [0.5, 0.6) is 5.75 Å². The van der Waals surface area contributed by atoms with Crippen LogP contribution in [0.2, 0.25) is 0 Å². The summed E-state index contributed by atoms with van der Waals surface area (Å²) in [5.74, 6) is 0.693. The number of benzene rings is 1. The molecule has 1 aromatic heterocycles. The average molecular weight is 378 g/mol. The number of aromatic nitrogens is 1. The van der Waals surface area contributed by atoms with Crippen LogP contribution >= 0.6 is 11.3 Å². The molecule has 1 N–H and O–H groups in total. The van der Waals surface area contributed by atoms with Crippen molar-refractivity contribution in [2.24, 2.45) is 0 Å². The number of nitrogens with zero attached hydrogens (tertiary/aromatic N) is 2. The monoisotopic (exact) mass is 377 g/mol. The highest BCUT2D eigenvalue weighted by Crippen LogP contribution is 2.33. The summed E-state index contributed by atoms with van der Waals surface area (Å²) in [7, 11) is 3.24. The first-order chi connectivity index (χ1) is 12.3. The van der Waals surface area contributed by atoms with Crippen LogP contribution in [-0.4, -0.2) is 44.8 Å². The first-order valence-corrected chi connectivity index (χ1v) is 9.36. The number of rotatable bonds is 8. The van der Waals surface area contributed by atoms with Crippen molar-refractivity contribution < 1.29 is 14.3 Å². The Bertz CT molecular complexity index is 708. The maximum atomic E-state index is 12.3. The van der Waals surface area contributed by atoms with Crippen molar-refractivity contribution in [1.29, 1.82) is 0 Å². The van der Waals surface area contributed by atoms with E-state index in [0.29, 0.717) is 13.2 Å². The molecule has 0 saturated heterocycles. The molecule has 0 aliphatic rings. The first-order valence-electron chi connectivity index (χ1n) is 8.48. The number of hydrogen-bond acceptors (Lipinski definition) is 6. The number of hydrogen-bond donors (Lipinski definition) is 1. The van der Waals surface area contributed by atoms with E-state index in [1.54, 1.807) is 14.2 Å². The van der Waals surface area contributed by atoms with Crippen LogP contribution in [0.3, 0.4) is 0 Å². The molecule has 26 heavy (non-hydrogen) atoms. The lowest BCUT2D eigenvalue weighted by Gasteiger charge is -2.22. The maximum absolute atomic E-state index is 12.3. The third-order valence-corrected chi connectivity index (χ3v) is 4.67. The number of methoxy groups -OCH3 is 2. The molecule has 1 aromatic carbocycles. The summed E-state index contributed by atoms with van der Waals surface area (Å²) in [5, 5.41) is 5.70. The van der Waals surface area contributed by atoms with Gasteiger partial charge in [0.05, 0.1) is 19.4 Å². The van der Waals surface area contributed by atoms with Gasteiger partial charge in [-0.05, 0) is 24.3 Å². The second-order valence-corrected chi connectivity index (χ2v) is 7.73. The van der Waals surface area contributed by atoms with E-state index in [1.165, 1.54) is 11.3 Å². The van der Waals surface area contributed by atoms with E-state index >= 15 is 0 Å². The molecule has 142 valence electrons. The molecule has 2 rings (SSSR count). The van der Waals surface area contributed by atoms with Gasteiger partial charge < -0.3 is 19.7 Å². The fraction of sp³-hybridized carbons (Fsp3) is 0.474. The third kappa shape index (κ3) is 5.44. The highest BCUT2D eigenvalue weighted by Gasteiger charge is 2.22. The molecule has 6 nitrogen and oxygen atoms in total. The molecule has 0 unspecified atom stereocenters. The van der Waals surface area contributed by atoms with Gasteiger partial charge in [0.15, 0.2) is 5.13 Å². The summed E-state index contributed by atoms with van der Waals surface area (Å²) in [6.07, 6.45) is 0. The Hall–Kier alpha value is -2.12. The first kappa shape index (κ1) is 20.2. The lowest BCUT2D eigenvalue weighted by molar-refractivity contribution is -0.119. The molecule has 0 fully saturated rings. The minimum atomic E-state index is -0.0784. The van der Waals surface area contributed by atoms with E-state index in [-0.39, 0.29) is 17.9 Å². The standard InChI is InChI=1S/C19H27N3O3S/c1-19(2,3)16-13-26-18(21-16)22(12-17(23)20-10-11-24-4)14-6-8-15(25-5)9-7-14/h6-9,13H,10-12H2,1-5H3,(H,20,23). The lowest BCUT2D eigenvalue weighted by Crippen LogP contribution is -2.36. The normalized spacial score (nSPS) is 11.3. The second kappa shape index (κ2) is 9.00. The molecule has 7 heteroatoms. The molecule has 1 amide bonds. The zero-order chi connectivity index (χ0) is 19.2. The Kier molecular flexibility index (Phi) is 6.99. The Morgan fingerprint density at radius 3 is 2.46 bits per heavy atom. The van der Waals surface area contributed by atoms with Crippen molar-refractivity contribution in [3.8, 4) is 5.75 Å². The summed E-state index contributed by atoms with van der Waals surface area (Å²) in [6.45, 7) is 7.53. The van der Waals surface area contributed by atoms with Crippen LogP contribution in [0.1, 0.15) is 26.5 Å². The van der Waals surface area contributed by atoms with Crippen molar-refractivity contribution in [3.63, 3.8) is 0 Å². The quantitative estimate of drug-likeness (QED) is 0.715. The van der Waals surface area contributed by atoms with E-state index in [9.17, 15) is 4.79 Å². The fourth-order valence-electron chi connectivity index (χ4n) is 2.26. The molecular weight excluding hydrogens is 350 g/mol. The van der Waals surface area contributed by atoms with E-state index in [4.69, 9.17) is 14.5 Å². The van der Waals surface area contributed by atoms with Gasteiger partial charge in [-0.1, -0.05) is 20.8 Å². The van der Waals surface area contributed by atoms with Gasteiger partial charge in [0, 0.05) is 30.1 Å². The minimum absolute atomic E-state index is 0.0406. The molecule has 0 saturated carbocycles. The molecular formula is C19H27N3O3S. The van der Waals surface area contributed by atoms with E-state index in [1.807, 2.05) is 29.2 Å². The molecule has 2 aromatic rings. The van der Waals surface area contributed by atoms with Crippen LogP contribution < -0.4 is 15.0 Å². The SMILES string of the molecule is COCCNC(=O)CN(c1ccc(OC)cc1)c1nc(C(C)(C)C)cs1. The molecule has 0 atom stereocenters. The Morgan fingerprint density at radius 1 is 1.23 bits per heavy atom. The van der Waals surface area contributed by atoms with Gasteiger partial charge in [-0.3, -0.25) is 4.79 Å². The fourth-order valence-corrected chi connectivity index (χ4v) is 3.33. The number of carbonyl (C=O) groups excluding carboxylic acids is 1. The van der Waals surface area contributed by atoms with Crippen molar-refractivity contribution in [2.75, 3.05) is 38.8 Å². The Morgan fingerprint density at radius 2 is 1.92 bits per heavy atom. The van der Waals surface area contributed by atoms with Crippen molar-refractivity contribution >= 4 is 28.1 Å². The largest absolute Gasteiger partial charge is 0.497 e. The third-order valence-electron chi connectivity index (χ3n) is 3.81. The highest BCUT2D eigenvalue weighted by molar-refractivity contribution is 7.13. The van der Waals surface area contributed by atoms with Crippen molar-refractivity contribution in [1.82, 2.24) is 10.3 Å². The van der Waals surface area contributed by atoms with Crippen LogP contribution in [0.15, 0.2) is 29.6 Å². The number of anilines is 2. The highest BCUT2D eigenvalue weighted by atomic mass is 32.1. The number of amides is 1.